The molecule has 0 spiro atoms. The molecule has 2 heteroatoms. The number of hydrogen-bond acceptors (Lipinski definition) is 1. The number of rotatable bonds is 3. The minimum atomic E-state index is -0.0639. The molecule has 0 N–H and O–H groups in total. The number of para-hydroxylation sites is 1. The average molecular weight is 490 g/mol. The van der Waals surface area contributed by atoms with Crippen LogP contribution in [0.5, 0.6) is 0 Å². The van der Waals surface area contributed by atoms with Crippen LogP contribution in [-0.2, 0) is 5.41 Å². The zero-order valence-electron chi connectivity index (χ0n) is 18.7. The summed E-state index contributed by atoms with van der Waals surface area (Å²) in [6, 6.07) is 39.5. The van der Waals surface area contributed by atoms with E-state index in [1.54, 1.807) is 0 Å². The van der Waals surface area contributed by atoms with Gasteiger partial charge in [0, 0.05) is 26.6 Å². The molecule has 0 saturated carbocycles. The van der Waals surface area contributed by atoms with Gasteiger partial charge in [0.2, 0.25) is 0 Å². The van der Waals surface area contributed by atoms with Crippen LogP contribution >= 0.6 is 15.9 Å². The van der Waals surface area contributed by atoms with E-state index >= 15 is 0 Å². The highest BCUT2D eigenvalue weighted by Crippen LogP contribution is 2.51. The summed E-state index contributed by atoms with van der Waals surface area (Å²) >= 11 is 3.67. The summed E-state index contributed by atoms with van der Waals surface area (Å²) in [5.74, 6) is 0. The number of hydrogen-bond donors (Lipinski definition) is 0. The minimum Gasteiger partial charge on any atom is -0.310 e. The number of nitrogens with zero attached hydrogens (tertiary/aromatic N) is 1. The van der Waals surface area contributed by atoms with E-state index in [0.717, 1.165) is 10.2 Å². The fourth-order valence-corrected chi connectivity index (χ4v) is 5.61. The van der Waals surface area contributed by atoms with Crippen molar-refractivity contribution < 1.29 is 0 Å². The second-order valence-electron chi connectivity index (χ2n) is 9.21. The molecule has 1 nitrogen and oxygen atoms in total. The maximum atomic E-state index is 3.67. The van der Waals surface area contributed by atoms with Gasteiger partial charge in [0.25, 0.3) is 0 Å². The van der Waals surface area contributed by atoms with Crippen LogP contribution in [0, 0.1) is 0 Å². The van der Waals surface area contributed by atoms with Crippen LogP contribution in [0.3, 0.4) is 0 Å². The van der Waals surface area contributed by atoms with Crippen molar-refractivity contribution >= 4 is 43.8 Å². The molecule has 0 heterocycles. The average Bonchev–Trinajstić information content (AvgIpc) is 3.06. The van der Waals surface area contributed by atoms with E-state index < -0.39 is 0 Å². The Morgan fingerprint density at radius 2 is 1.27 bits per heavy atom. The molecule has 1 aliphatic rings. The lowest BCUT2D eigenvalue weighted by atomic mass is 9.82. The van der Waals surface area contributed by atoms with Crippen molar-refractivity contribution in [2.24, 2.45) is 0 Å². The topological polar surface area (TPSA) is 3.24 Å². The molecule has 0 atom stereocenters. The number of benzene rings is 5. The molecule has 33 heavy (non-hydrogen) atoms. The summed E-state index contributed by atoms with van der Waals surface area (Å²) in [5, 5.41) is 2.49. The molecule has 0 radical (unpaired) electrons. The van der Waals surface area contributed by atoms with E-state index in [1.807, 2.05) is 0 Å². The third kappa shape index (κ3) is 3.20. The maximum Gasteiger partial charge on any atom is 0.0540 e. The Labute approximate surface area is 203 Å². The molecule has 160 valence electrons. The number of anilines is 3. The molecule has 0 fully saturated rings. The van der Waals surface area contributed by atoms with Crippen molar-refractivity contribution in [3.8, 4) is 11.1 Å². The monoisotopic (exact) mass is 489 g/mol. The van der Waals surface area contributed by atoms with Crippen molar-refractivity contribution in [3.63, 3.8) is 0 Å². The van der Waals surface area contributed by atoms with Crippen LogP contribution in [-0.4, -0.2) is 0 Å². The Hall–Kier alpha value is -3.36. The van der Waals surface area contributed by atoms with Gasteiger partial charge in [0.15, 0.2) is 0 Å². The van der Waals surface area contributed by atoms with E-state index in [9.17, 15) is 0 Å². The van der Waals surface area contributed by atoms with E-state index in [4.69, 9.17) is 0 Å². The molecule has 6 rings (SSSR count). The summed E-state index contributed by atoms with van der Waals surface area (Å²) in [6.45, 7) is 4.66. The van der Waals surface area contributed by atoms with Gasteiger partial charge in [-0.25, -0.2) is 0 Å². The van der Waals surface area contributed by atoms with Crippen LogP contribution in [0.1, 0.15) is 25.0 Å². The van der Waals surface area contributed by atoms with Gasteiger partial charge in [-0.1, -0.05) is 96.5 Å². The molecule has 5 aromatic rings. The molecular formula is C31H24BrN. The summed E-state index contributed by atoms with van der Waals surface area (Å²) < 4.78 is 1.13. The van der Waals surface area contributed by atoms with Gasteiger partial charge >= 0.3 is 0 Å². The van der Waals surface area contributed by atoms with Crippen molar-refractivity contribution in [2.45, 2.75) is 19.3 Å². The minimum absolute atomic E-state index is 0.0639. The summed E-state index contributed by atoms with van der Waals surface area (Å²) in [7, 11) is 0. The molecule has 5 aromatic carbocycles. The smallest absolute Gasteiger partial charge is 0.0540 e. The van der Waals surface area contributed by atoms with Crippen LogP contribution in [0.2, 0.25) is 0 Å². The zero-order valence-corrected chi connectivity index (χ0v) is 20.3. The van der Waals surface area contributed by atoms with Gasteiger partial charge in [-0.15, -0.1) is 0 Å². The Bertz CT molecular complexity index is 1500. The van der Waals surface area contributed by atoms with Crippen LogP contribution < -0.4 is 4.90 Å². The van der Waals surface area contributed by atoms with Crippen LogP contribution in [0.4, 0.5) is 17.1 Å². The second-order valence-corrected chi connectivity index (χ2v) is 10.1. The first-order chi connectivity index (χ1) is 16.0. The van der Waals surface area contributed by atoms with Gasteiger partial charge in [-0.2, -0.15) is 0 Å². The first-order valence-electron chi connectivity index (χ1n) is 11.3. The van der Waals surface area contributed by atoms with Gasteiger partial charge in [0.1, 0.15) is 0 Å². The SMILES string of the molecule is CC1(C)c2cc(Br)ccc2-c2ccc(N(c3ccccc3)c3cccc4ccccc34)cc21. The summed E-state index contributed by atoms with van der Waals surface area (Å²) in [6.07, 6.45) is 0. The highest BCUT2D eigenvalue weighted by molar-refractivity contribution is 9.10. The summed E-state index contributed by atoms with van der Waals surface area (Å²) in [5.41, 5.74) is 8.87. The number of fused-ring (bicyclic) bond motifs is 4. The lowest BCUT2D eigenvalue weighted by Crippen LogP contribution is -2.16. The predicted molar refractivity (Wildman–Crippen MR) is 144 cm³/mol. The second kappa shape index (κ2) is 7.60. The molecule has 0 amide bonds. The molecule has 0 unspecified atom stereocenters. The first kappa shape index (κ1) is 20.3. The maximum absolute atomic E-state index is 3.67. The Morgan fingerprint density at radius 1 is 0.606 bits per heavy atom. The van der Waals surface area contributed by atoms with Crippen molar-refractivity contribution in [2.75, 3.05) is 4.90 Å². The zero-order chi connectivity index (χ0) is 22.6. The highest BCUT2D eigenvalue weighted by Gasteiger charge is 2.36. The van der Waals surface area contributed by atoms with E-state index in [2.05, 4.69) is 144 Å². The Balaban J connectivity index is 1.59. The Kier molecular flexibility index (Phi) is 4.67. The summed E-state index contributed by atoms with van der Waals surface area (Å²) in [4.78, 5) is 2.39. The van der Waals surface area contributed by atoms with Gasteiger partial charge < -0.3 is 4.90 Å². The Morgan fingerprint density at radius 3 is 2.09 bits per heavy atom. The molecule has 0 saturated heterocycles. The molecule has 0 aromatic heterocycles. The van der Waals surface area contributed by atoms with Crippen LogP contribution in [0.25, 0.3) is 21.9 Å². The van der Waals surface area contributed by atoms with E-state index in [1.165, 1.54) is 44.4 Å². The van der Waals surface area contributed by atoms with Gasteiger partial charge in [-0.05, 0) is 70.1 Å². The number of halogens is 1. The quantitative estimate of drug-likeness (QED) is 0.244. The van der Waals surface area contributed by atoms with Crippen molar-refractivity contribution in [1.82, 2.24) is 0 Å². The first-order valence-corrected chi connectivity index (χ1v) is 12.1. The molecular weight excluding hydrogens is 466 g/mol. The highest BCUT2D eigenvalue weighted by atomic mass is 79.9. The van der Waals surface area contributed by atoms with Crippen molar-refractivity contribution in [3.05, 3.63) is 125 Å². The third-order valence-corrected chi connectivity index (χ3v) is 7.39. The van der Waals surface area contributed by atoms with E-state index in [0.29, 0.717) is 0 Å². The normalized spacial score (nSPS) is 13.5. The fraction of sp³-hybridized carbons (Fsp3) is 0.0968. The van der Waals surface area contributed by atoms with Gasteiger partial charge in [-0.3, -0.25) is 0 Å². The predicted octanol–water partition coefficient (Wildman–Crippen LogP) is 9.38. The lowest BCUT2D eigenvalue weighted by molar-refractivity contribution is 0.660. The standard InChI is InChI=1S/C31H24BrN/c1-31(2)28-19-22(32)15-17-26(28)27-18-16-24(20-29(27)31)33(23-11-4-3-5-12-23)30-14-8-10-21-9-6-7-13-25(21)30/h3-20H,1-2H3. The fourth-order valence-electron chi connectivity index (χ4n) is 5.24. The molecule has 0 aliphatic heterocycles. The third-order valence-electron chi connectivity index (χ3n) is 6.90. The van der Waals surface area contributed by atoms with Crippen molar-refractivity contribution in [1.29, 1.82) is 0 Å². The van der Waals surface area contributed by atoms with E-state index in [-0.39, 0.29) is 5.41 Å². The largest absolute Gasteiger partial charge is 0.310 e. The van der Waals surface area contributed by atoms with Gasteiger partial charge in [0.05, 0.1) is 5.69 Å². The molecule has 1 aliphatic carbocycles. The lowest BCUT2D eigenvalue weighted by Gasteiger charge is -2.29. The molecule has 0 bridgehead atoms. The van der Waals surface area contributed by atoms with Crippen LogP contribution in [0.15, 0.2) is 114 Å².